The predicted molar refractivity (Wildman–Crippen MR) is 79.5 cm³/mol. The van der Waals surface area contributed by atoms with Crippen LogP contribution in [0.2, 0.25) is 5.02 Å². The Morgan fingerprint density at radius 1 is 1.42 bits per heavy atom. The molecule has 0 saturated heterocycles. The van der Waals surface area contributed by atoms with E-state index in [-0.39, 0.29) is 6.04 Å². The largest absolute Gasteiger partial charge is 0.327 e. The van der Waals surface area contributed by atoms with Gasteiger partial charge in [0.15, 0.2) is 0 Å². The molecule has 2 N–H and O–H groups in total. The second kappa shape index (κ2) is 4.80. The van der Waals surface area contributed by atoms with Crippen LogP contribution in [-0.4, -0.2) is 15.6 Å². The van der Waals surface area contributed by atoms with Gasteiger partial charge < -0.3 is 10.3 Å². The van der Waals surface area contributed by atoms with Gasteiger partial charge in [-0.05, 0) is 37.0 Å². The van der Waals surface area contributed by atoms with Gasteiger partial charge in [0.25, 0.3) is 0 Å². The zero-order valence-corrected chi connectivity index (χ0v) is 12.2. The Labute approximate surface area is 118 Å². The van der Waals surface area contributed by atoms with Gasteiger partial charge >= 0.3 is 0 Å². The van der Waals surface area contributed by atoms with Crippen LogP contribution in [0.4, 0.5) is 0 Å². The van der Waals surface area contributed by atoms with E-state index in [1.54, 1.807) is 0 Å². The highest BCUT2D eigenvalue weighted by atomic mass is 35.5. The Kier molecular flexibility index (Phi) is 3.27. The third-order valence-electron chi connectivity index (χ3n) is 3.91. The number of aromatic nitrogens is 2. The Morgan fingerprint density at radius 3 is 2.79 bits per heavy atom. The first-order valence-corrected chi connectivity index (χ1v) is 7.36. The van der Waals surface area contributed by atoms with Gasteiger partial charge in [-0.1, -0.05) is 25.4 Å². The monoisotopic (exact) mass is 277 g/mol. The summed E-state index contributed by atoms with van der Waals surface area (Å²) in [6.07, 6.45) is 3.31. The summed E-state index contributed by atoms with van der Waals surface area (Å²) >= 11 is 6.12. The lowest BCUT2D eigenvalue weighted by molar-refractivity contribution is 0.473. The standard InChI is InChI=1S/C15H20ClN3/c1-9(2)12(17)8-15-18-13-6-3-10(16)7-14(13)19(15)11-4-5-11/h3,6-7,9,11-12H,4-5,8,17H2,1-2H3. The minimum Gasteiger partial charge on any atom is -0.327 e. The lowest BCUT2D eigenvalue weighted by Crippen LogP contribution is -2.30. The van der Waals surface area contributed by atoms with Gasteiger partial charge in [-0.2, -0.15) is 0 Å². The highest BCUT2D eigenvalue weighted by Gasteiger charge is 2.29. The Balaban J connectivity index is 2.05. The maximum Gasteiger partial charge on any atom is 0.111 e. The summed E-state index contributed by atoms with van der Waals surface area (Å²) in [5, 5.41) is 0.772. The summed E-state index contributed by atoms with van der Waals surface area (Å²) in [5.74, 6) is 1.58. The fourth-order valence-electron chi connectivity index (χ4n) is 2.45. The molecule has 1 heterocycles. The number of fused-ring (bicyclic) bond motifs is 1. The van der Waals surface area contributed by atoms with Crippen molar-refractivity contribution in [2.45, 2.75) is 45.2 Å². The lowest BCUT2D eigenvalue weighted by atomic mass is 10.0. The number of nitrogens with zero attached hydrogens (tertiary/aromatic N) is 2. The minimum atomic E-state index is 0.157. The molecule has 0 aliphatic heterocycles. The third kappa shape index (κ3) is 2.49. The highest BCUT2D eigenvalue weighted by molar-refractivity contribution is 6.31. The van der Waals surface area contributed by atoms with Crippen LogP contribution in [-0.2, 0) is 6.42 Å². The molecule has 1 unspecified atom stereocenters. The van der Waals surface area contributed by atoms with Gasteiger partial charge in [-0.3, -0.25) is 0 Å². The number of hydrogen-bond acceptors (Lipinski definition) is 2. The van der Waals surface area contributed by atoms with Crippen molar-refractivity contribution in [3.05, 3.63) is 29.0 Å². The second-order valence-corrected chi connectivity index (χ2v) is 6.31. The molecule has 0 amide bonds. The number of benzene rings is 1. The lowest BCUT2D eigenvalue weighted by Gasteiger charge is -2.16. The van der Waals surface area contributed by atoms with Crippen LogP contribution in [0.5, 0.6) is 0 Å². The van der Waals surface area contributed by atoms with Crippen molar-refractivity contribution >= 4 is 22.6 Å². The van der Waals surface area contributed by atoms with Gasteiger partial charge in [-0.15, -0.1) is 0 Å². The van der Waals surface area contributed by atoms with E-state index in [9.17, 15) is 0 Å². The molecule has 4 heteroatoms. The molecule has 3 nitrogen and oxygen atoms in total. The molecule has 1 aromatic heterocycles. The van der Waals surface area contributed by atoms with E-state index in [1.165, 1.54) is 12.8 Å². The predicted octanol–water partition coefficient (Wildman–Crippen LogP) is 3.55. The topological polar surface area (TPSA) is 43.8 Å². The van der Waals surface area contributed by atoms with Crippen LogP contribution in [0, 0.1) is 5.92 Å². The molecule has 2 aromatic rings. The van der Waals surface area contributed by atoms with Crippen LogP contribution in [0.15, 0.2) is 18.2 Å². The number of halogens is 1. The summed E-state index contributed by atoms with van der Waals surface area (Å²) in [6.45, 7) is 4.32. The average molecular weight is 278 g/mol. The van der Waals surface area contributed by atoms with Crippen molar-refractivity contribution in [2.24, 2.45) is 11.7 Å². The molecule has 0 radical (unpaired) electrons. The van der Waals surface area contributed by atoms with Crippen LogP contribution in [0.1, 0.15) is 38.6 Å². The number of nitrogens with two attached hydrogens (primary N) is 1. The highest BCUT2D eigenvalue weighted by Crippen LogP contribution is 2.39. The molecule has 0 spiro atoms. The van der Waals surface area contributed by atoms with Crippen LogP contribution < -0.4 is 5.73 Å². The molecule has 1 atom stereocenters. The van der Waals surface area contributed by atoms with Crippen molar-refractivity contribution in [3.8, 4) is 0 Å². The van der Waals surface area contributed by atoms with Crippen LogP contribution >= 0.6 is 11.6 Å². The molecule has 1 saturated carbocycles. The summed E-state index contributed by atoms with van der Waals surface area (Å²) in [4.78, 5) is 4.76. The molecular weight excluding hydrogens is 258 g/mol. The fraction of sp³-hybridized carbons (Fsp3) is 0.533. The van der Waals surface area contributed by atoms with Gasteiger partial charge in [0.2, 0.25) is 0 Å². The molecule has 19 heavy (non-hydrogen) atoms. The average Bonchev–Trinajstić information content (AvgIpc) is 3.12. The van der Waals surface area contributed by atoms with E-state index in [0.717, 1.165) is 28.3 Å². The molecule has 102 valence electrons. The quantitative estimate of drug-likeness (QED) is 0.929. The van der Waals surface area contributed by atoms with Crippen molar-refractivity contribution in [2.75, 3.05) is 0 Å². The van der Waals surface area contributed by atoms with Crippen molar-refractivity contribution in [3.63, 3.8) is 0 Å². The van der Waals surface area contributed by atoms with E-state index in [1.807, 2.05) is 18.2 Å². The van der Waals surface area contributed by atoms with Crippen LogP contribution in [0.3, 0.4) is 0 Å². The SMILES string of the molecule is CC(C)C(N)Cc1nc2ccc(Cl)cc2n1C1CC1. The first-order valence-electron chi connectivity index (χ1n) is 6.98. The van der Waals surface area contributed by atoms with E-state index < -0.39 is 0 Å². The van der Waals surface area contributed by atoms with Gasteiger partial charge in [0.1, 0.15) is 5.82 Å². The zero-order chi connectivity index (χ0) is 13.6. The molecule has 0 bridgehead atoms. The summed E-state index contributed by atoms with van der Waals surface area (Å²) in [6, 6.07) is 6.68. The Morgan fingerprint density at radius 2 is 2.16 bits per heavy atom. The minimum absolute atomic E-state index is 0.157. The molecule has 3 rings (SSSR count). The molecule has 1 fully saturated rings. The first kappa shape index (κ1) is 12.9. The number of hydrogen-bond donors (Lipinski definition) is 1. The summed E-state index contributed by atoms with van der Waals surface area (Å²) in [5.41, 5.74) is 8.39. The van der Waals surface area contributed by atoms with Crippen molar-refractivity contribution < 1.29 is 0 Å². The Hall–Kier alpha value is -1.06. The molecular formula is C15H20ClN3. The summed E-state index contributed by atoms with van der Waals surface area (Å²) < 4.78 is 2.35. The van der Waals surface area contributed by atoms with Crippen LogP contribution in [0.25, 0.3) is 11.0 Å². The van der Waals surface area contributed by atoms with E-state index in [0.29, 0.717) is 12.0 Å². The fourth-order valence-corrected chi connectivity index (χ4v) is 2.61. The van der Waals surface area contributed by atoms with Gasteiger partial charge in [-0.25, -0.2) is 4.98 Å². The Bertz CT molecular complexity index is 599. The van der Waals surface area contributed by atoms with E-state index >= 15 is 0 Å². The van der Waals surface area contributed by atoms with E-state index in [2.05, 4.69) is 18.4 Å². The maximum atomic E-state index is 6.21. The van der Waals surface area contributed by atoms with Crippen molar-refractivity contribution in [1.82, 2.24) is 9.55 Å². The maximum absolute atomic E-state index is 6.21. The molecule has 1 aromatic carbocycles. The zero-order valence-electron chi connectivity index (χ0n) is 11.4. The summed E-state index contributed by atoms with van der Waals surface area (Å²) in [7, 11) is 0. The van der Waals surface area contributed by atoms with Crippen molar-refractivity contribution in [1.29, 1.82) is 0 Å². The second-order valence-electron chi connectivity index (χ2n) is 5.87. The van der Waals surface area contributed by atoms with Gasteiger partial charge in [0.05, 0.1) is 11.0 Å². The number of rotatable bonds is 4. The normalized spacial score (nSPS) is 17.3. The smallest absolute Gasteiger partial charge is 0.111 e. The molecule has 1 aliphatic rings. The number of imidazole rings is 1. The third-order valence-corrected chi connectivity index (χ3v) is 4.15. The van der Waals surface area contributed by atoms with E-state index in [4.69, 9.17) is 22.3 Å². The molecule has 1 aliphatic carbocycles. The van der Waals surface area contributed by atoms with Gasteiger partial charge in [0, 0.05) is 23.5 Å². The first-order chi connectivity index (χ1) is 9.06.